The summed E-state index contributed by atoms with van der Waals surface area (Å²) in [4.78, 5) is 35.0. The first-order valence-electron chi connectivity index (χ1n) is 7.00. The third-order valence-electron chi connectivity index (χ3n) is 4.17. The average Bonchev–Trinajstić information content (AvgIpc) is 2.74. The summed E-state index contributed by atoms with van der Waals surface area (Å²) in [6.07, 6.45) is 0.766. The Hall–Kier alpha value is -1.16. The zero-order valence-electron chi connectivity index (χ0n) is 12.9. The van der Waals surface area contributed by atoms with E-state index in [4.69, 9.17) is 9.47 Å². The Bertz CT molecular complexity index is 695. The summed E-state index contributed by atoms with van der Waals surface area (Å²) in [6, 6.07) is 0. The molecular formula is C14H19IN2O5. The fourth-order valence-corrected chi connectivity index (χ4v) is 3.23. The second-order valence-electron chi connectivity index (χ2n) is 5.62. The van der Waals surface area contributed by atoms with Gasteiger partial charge in [0.2, 0.25) is 0 Å². The summed E-state index contributed by atoms with van der Waals surface area (Å²) in [5, 5.41) is 0. The summed E-state index contributed by atoms with van der Waals surface area (Å²) >= 11 is 1.90. The van der Waals surface area contributed by atoms with Crippen LogP contribution in [0.1, 0.15) is 27.0 Å². The molecule has 0 spiro atoms. The molecule has 8 heteroatoms. The van der Waals surface area contributed by atoms with Crippen molar-refractivity contribution in [3.8, 4) is 0 Å². The van der Waals surface area contributed by atoms with Crippen molar-refractivity contribution >= 4 is 28.6 Å². The zero-order valence-corrected chi connectivity index (χ0v) is 15.1. The third kappa shape index (κ3) is 3.12. The van der Waals surface area contributed by atoms with Crippen LogP contribution in [0.15, 0.2) is 15.8 Å². The van der Waals surface area contributed by atoms with E-state index < -0.39 is 11.9 Å². The molecule has 0 aliphatic carbocycles. The van der Waals surface area contributed by atoms with Crippen molar-refractivity contribution < 1.29 is 14.3 Å². The largest absolute Gasteiger partial charge is 0.463 e. The predicted octanol–water partition coefficient (Wildman–Crippen LogP) is 0.884. The SMILES string of the molecule is CC(=O)OC[C@H]1O[C@@H](n2cc(I)c(=O)n(C)c2=O)[C@H](C)[C@@H]1C. The van der Waals surface area contributed by atoms with Gasteiger partial charge >= 0.3 is 11.7 Å². The molecule has 1 aliphatic heterocycles. The minimum absolute atomic E-state index is 0.0477. The number of halogens is 1. The Morgan fingerprint density at radius 3 is 2.59 bits per heavy atom. The minimum Gasteiger partial charge on any atom is -0.463 e. The lowest BCUT2D eigenvalue weighted by Crippen LogP contribution is -2.41. The van der Waals surface area contributed by atoms with Gasteiger partial charge in [-0.2, -0.15) is 0 Å². The topological polar surface area (TPSA) is 79.5 Å². The smallest absolute Gasteiger partial charge is 0.332 e. The van der Waals surface area contributed by atoms with E-state index in [1.807, 2.05) is 36.4 Å². The van der Waals surface area contributed by atoms with Gasteiger partial charge in [0, 0.05) is 26.1 Å². The number of rotatable bonds is 3. The lowest BCUT2D eigenvalue weighted by molar-refractivity contribution is -0.146. The molecule has 0 amide bonds. The van der Waals surface area contributed by atoms with Gasteiger partial charge in [0.05, 0.1) is 9.67 Å². The number of aromatic nitrogens is 2. The Kier molecular flexibility index (Phi) is 5.10. The molecule has 1 aliphatic rings. The first-order valence-corrected chi connectivity index (χ1v) is 8.08. The molecule has 7 nitrogen and oxygen atoms in total. The number of ether oxygens (including phenoxy) is 2. The van der Waals surface area contributed by atoms with Crippen molar-refractivity contribution in [3.05, 3.63) is 30.6 Å². The maximum Gasteiger partial charge on any atom is 0.332 e. The molecular weight excluding hydrogens is 403 g/mol. The third-order valence-corrected chi connectivity index (χ3v) is 4.91. The number of hydrogen-bond donors (Lipinski definition) is 0. The second kappa shape index (κ2) is 6.53. The Morgan fingerprint density at radius 1 is 1.36 bits per heavy atom. The maximum atomic E-state index is 12.3. The van der Waals surface area contributed by atoms with Crippen LogP contribution in [-0.4, -0.2) is 27.8 Å². The van der Waals surface area contributed by atoms with Gasteiger partial charge < -0.3 is 9.47 Å². The molecule has 22 heavy (non-hydrogen) atoms. The maximum absolute atomic E-state index is 12.3. The van der Waals surface area contributed by atoms with Crippen LogP contribution in [0.25, 0.3) is 0 Å². The molecule has 1 fully saturated rings. The molecule has 0 bridgehead atoms. The number of carbonyl (C=O) groups excluding carboxylic acids is 1. The van der Waals surface area contributed by atoms with Crippen molar-refractivity contribution in [2.24, 2.45) is 18.9 Å². The summed E-state index contributed by atoms with van der Waals surface area (Å²) in [6.45, 7) is 5.49. The summed E-state index contributed by atoms with van der Waals surface area (Å²) in [7, 11) is 1.45. The molecule has 1 saturated heterocycles. The van der Waals surface area contributed by atoms with Gasteiger partial charge in [0.25, 0.3) is 5.56 Å². The first-order chi connectivity index (χ1) is 10.2. The van der Waals surface area contributed by atoms with E-state index in [0.717, 1.165) is 4.57 Å². The van der Waals surface area contributed by atoms with E-state index in [9.17, 15) is 14.4 Å². The molecule has 0 saturated carbocycles. The van der Waals surface area contributed by atoms with Crippen molar-refractivity contribution in [1.82, 2.24) is 9.13 Å². The Morgan fingerprint density at radius 2 is 2.00 bits per heavy atom. The van der Waals surface area contributed by atoms with E-state index in [-0.39, 0.29) is 36.1 Å². The van der Waals surface area contributed by atoms with Gasteiger partial charge in [-0.1, -0.05) is 13.8 Å². The van der Waals surface area contributed by atoms with Crippen LogP contribution in [-0.2, 0) is 21.3 Å². The van der Waals surface area contributed by atoms with Gasteiger partial charge in [-0.3, -0.25) is 18.7 Å². The number of nitrogens with zero attached hydrogens (tertiary/aromatic N) is 2. The number of hydrogen-bond acceptors (Lipinski definition) is 5. The average molecular weight is 422 g/mol. The summed E-state index contributed by atoms with van der Waals surface area (Å²) in [5.41, 5.74) is -0.736. The van der Waals surface area contributed by atoms with Crippen LogP contribution >= 0.6 is 22.6 Å². The molecule has 1 aromatic heterocycles. The minimum atomic E-state index is -0.483. The Balaban J connectivity index is 2.32. The fourth-order valence-electron chi connectivity index (χ4n) is 2.57. The van der Waals surface area contributed by atoms with Gasteiger partial charge in [0.15, 0.2) is 0 Å². The molecule has 0 aromatic carbocycles. The second-order valence-corrected chi connectivity index (χ2v) is 6.78. The van der Waals surface area contributed by atoms with Crippen LogP contribution in [0, 0.1) is 15.4 Å². The number of esters is 1. The lowest BCUT2D eigenvalue weighted by Gasteiger charge is -2.19. The fraction of sp³-hybridized carbons (Fsp3) is 0.643. The van der Waals surface area contributed by atoms with Crippen molar-refractivity contribution in [3.63, 3.8) is 0 Å². The molecule has 0 N–H and O–H groups in total. The van der Waals surface area contributed by atoms with E-state index in [1.54, 1.807) is 0 Å². The molecule has 4 atom stereocenters. The lowest BCUT2D eigenvalue weighted by atomic mass is 9.93. The van der Waals surface area contributed by atoms with Crippen LogP contribution < -0.4 is 11.2 Å². The molecule has 0 unspecified atom stereocenters. The van der Waals surface area contributed by atoms with E-state index >= 15 is 0 Å². The Labute approximate surface area is 141 Å². The highest BCUT2D eigenvalue weighted by molar-refractivity contribution is 14.1. The van der Waals surface area contributed by atoms with Gasteiger partial charge in [-0.15, -0.1) is 0 Å². The van der Waals surface area contributed by atoms with Crippen LogP contribution in [0.4, 0.5) is 0 Å². The molecule has 122 valence electrons. The highest BCUT2D eigenvalue weighted by Crippen LogP contribution is 2.38. The monoisotopic (exact) mass is 422 g/mol. The van der Waals surface area contributed by atoms with Crippen LogP contribution in [0.2, 0.25) is 0 Å². The first kappa shape index (κ1) is 17.2. The summed E-state index contributed by atoms with van der Waals surface area (Å²) in [5.74, 6) is -0.196. The number of carbonyl (C=O) groups is 1. The quantitative estimate of drug-likeness (QED) is 0.534. The molecule has 1 aromatic rings. The zero-order chi connectivity index (χ0) is 16.6. The van der Waals surface area contributed by atoms with Crippen molar-refractivity contribution in [1.29, 1.82) is 0 Å². The van der Waals surface area contributed by atoms with Crippen molar-refractivity contribution in [2.75, 3.05) is 6.61 Å². The molecule has 2 heterocycles. The highest BCUT2D eigenvalue weighted by atomic mass is 127. The van der Waals surface area contributed by atoms with Gasteiger partial charge in [-0.25, -0.2) is 4.79 Å². The van der Waals surface area contributed by atoms with Crippen molar-refractivity contribution in [2.45, 2.75) is 33.1 Å². The van der Waals surface area contributed by atoms with Gasteiger partial charge in [0.1, 0.15) is 12.8 Å². The van der Waals surface area contributed by atoms with E-state index in [2.05, 4.69) is 0 Å². The van der Waals surface area contributed by atoms with Gasteiger partial charge in [-0.05, 0) is 28.5 Å². The normalized spacial score (nSPS) is 27.9. The van der Waals surface area contributed by atoms with E-state index in [0.29, 0.717) is 3.57 Å². The summed E-state index contributed by atoms with van der Waals surface area (Å²) < 4.78 is 13.9. The molecule has 2 rings (SSSR count). The molecule has 0 radical (unpaired) electrons. The van der Waals surface area contributed by atoms with Crippen LogP contribution in [0.5, 0.6) is 0 Å². The highest BCUT2D eigenvalue weighted by Gasteiger charge is 2.41. The van der Waals surface area contributed by atoms with E-state index in [1.165, 1.54) is 24.7 Å². The van der Waals surface area contributed by atoms with Crippen LogP contribution in [0.3, 0.4) is 0 Å². The standard InChI is InChI=1S/C14H19IN2O5/c1-7-8(2)13(22-11(7)6-21-9(3)18)17-5-10(15)12(19)16(4)14(17)20/h5,7-8,11,13H,6H2,1-4H3/t7-,8+,11+,13+/m0/s1. The predicted molar refractivity (Wildman–Crippen MR) is 87.5 cm³/mol.